The number of aryl methyl sites for hydroxylation is 2. The van der Waals surface area contributed by atoms with Crippen molar-refractivity contribution < 1.29 is 8.78 Å². The van der Waals surface area contributed by atoms with Gasteiger partial charge in [0.25, 0.3) is 0 Å². The molecular weight excluding hydrogens is 262 g/mol. The molecule has 0 aliphatic rings. The number of nitrogen functional groups attached to an aromatic ring is 1. The van der Waals surface area contributed by atoms with E-state index in [2.05, 4.69) is 10.4 Å². The molecule has 0 saturated heterocycles. The molecule has 0 spiro atoms. The second-order valence-electron chi connectivity index (χ2n) is 5.10. The lowest BCUT2D eigenvalue weighted by Crippen LogP contribution is -2.05. The van der Waals surface area contributed by atoms with Crippen molar-refractivity contribution in [3.05, 3.63) is 35.0 Å². The van der Waals surface area contributed by atoms with E-state index in [1.165, 1.54) is 16.8 Å². The molecule has 1 heterocycles. The van der Waals surface area contributed by atoms with Gasteiger partial charge in [-0.15, -0.1) is 0 Å². The summed E-state index contributed by atoms with van der Waals surface area (Å²) < 4.78 is 29.3. The van der Waals surface area contributed by atoms with E-state index in [1.54, 1.807) is 14.0 Å². The van der Waals surface area contributed by atoms with Crippen LogP contribution in [0.15, 0.2) is 12.1 Å². The zero-order valence-corrected chi connectivity index (χ0v) is 12.0. The molecule has 0 radical (unpaired) electrons. The molecule has 0 amide bonds. The molecule has 1 aromatic carbocycles. The lowest BCUT2D eigenvalue weighted by Gasteiger charge is -2.11. The Morgan fingerprint density at radius 2 is 1.95 bits per heavy atom. The fraction of sp³-hybridized carbons (Fsp3) is 0.357. The Bertz CT molecular complexity index is 647. The number of anilines is 3. The van der Waals surface area contributed by atoms with Crippen LogP contribution in [0.2, 0.25) is 0 Å². The number of nitrogens with one attached hydrogen (secondary N) is 1. The van der Waals surface area contributed by atoms with Gasteiger partial charge in [-0.05, 0) is 24.5 Å². The van der Waals surface area contributed by atoms with Gasteiger partial charge in [0.2, 0.25) is 0 Å². The molecule has 0 aliphatic heterocycles. The second-order valence-corrected chi connectivity index (χ2v) is 5.10. The van der Waals surface area contributed by atoms with Gasteiger partial charge in [-0.2, -0.15) is 5.10 Å². The average Bonchev–Trinajstić information content (AvgIpc) is 2.66. The summed E-state index contributed by atoms with van der Waals surface area (Å²) in [5.74, 6) is -0.780. The van der Waals surface area contributed by atoms with E-state index in [4.69, 9.17) is 5.73 Å². The number of benzene rings is 1. The van der Waals surface area contributed by atoms with Gasteiger partial charge in [0.1, 0.15) is 11.5 Å². The minimum absolute atomic E-state index is 0.129. The molecule has 0 fully saturated rings. The third-order valence-electron chi connectivity index (χ3n) is 3.19. The molecule has 0 bridgehead atoms. The number of hydrogen-bond acceptors (Lipinski definition) is 3. The molecule has 2 aromatic rings. The quantitative estimate of drug-likeness (QED) is 0.905. The molecule has 108 valence electrons. The lowest BCUT2D eigenvalue weighted by atomic mass is 10.1. The number of nitrogens with zero attached hydrogens (tertiary/aromatic N) is 2. The van der Waals surface area contributed by atoms with Crippen LogP contribution in [-0.2, 0) is 7.05 Å². The van der Waals surface area contributed by atoms with E-state index in [9.17, 15) is 8.78 Å². The molecule has 4 nitrogen and oxygen atoms in total. The molecule has 3 N–H and O–H groups in total. The molecular formula is C14H18F2N4. The topological polar surface area (TPSA) is 55.9 Å². The zero-order valence-electron chi connectivity index (χ0n) is 12.0. The van der Waals surface area contributed by atoms with Crippen molar-refractivity contribution in [2.45, 2.75) is 26.7 Å². The van der Waals surface area contributed by atoms with Crippen molar-refractivity contribution >= 4 is 17.2 Å². The Kier molecular flexibility index (Phi) is 3.65. The first-order valence-corrected chi connectivity index (χ1v) is 6.37. The van der Waals surface area contributed by atoms with Crippen molar-refractivity contribution in [2.24, 2.45) is 7.05 Å². The summed E-state index contributed by atoms with van der Waals surface area (Å²) >= 11 is 0. The number of halogens is 2. The minimum Gasteiger partial charge on any atom is -0.394 e. The van der Waals surface area contributed by atoms with Gasteiger partial charge in [-0.1, -0.05) is 19.9 Å². The van der Waals surface area contributed by atoms with Crippen molar-refractivity contribution in [3.8, 4) is 0 Å². The molecule has 0 saturated carbocycles. The first-order chi connectivity index (χ1) is 9.32. The van der Waals surface area contributed by atoms with E-state index in [0.717, 1.165) is 0 Å². The first kappa shape index (κ1) is 14.3. The third kappa shape index (κ3) is 2.33. The van der Waals surface area contributed by atoms with Crippen molar-refractivity contribution in [3.63, 3.8) is 0 Å². The standard InChI is InChI=1S/C14H18F2N4/c1-7(2)12-11(17)14(20(4)19-12)18-13-9(15)6-5-8(3)10(13)16/h5-7,18H,17H2,1-4H3. The van der Waals surface area contributed by atoms with Crippen molar-refractivity contribution in [1.82, 2.24) is 9.78 Å². The maximum absolute atomic E-state index is 14.0. The van der Waals surface area contributed by atoms with E-state index in [1.807, 2.05) is 13.8 Å². The summed E-state index contributed by atoms with van der Waals surface area (Å²) in [6, 6.07) is 2.61. The summed E-state index contributed by atoms with van der Waals surface area (Å²) in [5, 5.41) is 6.99. The summed E-state index contributed by atoms with van der Waals surface area (Å²) in [6.07, 6.45) is 0. The van der Waals surface area contributed by atoms with Crippen LogP contribution in [0.25, 0.3) is 0 Å². The van der Waals surface area contributed by atoms with Gasteiger partial charge in [-0.25, -0.2) is 8.78 Å². The predicted molar refractivity (Wildman–Crippen MR) is 76.1 cm³/mol. The predicted octanol–water partition coefficient (Wildman–Crippen LogP) is 3.46. The maximum Gasteiger partial charge on any atom is 0.152 e. The summed E-state index contributed by atoms with van der Waals surface area (Å²) in [7, 11) is 1.68. The molecule has 0 unspecified atom stereocenters. The Labute approximate surface area is 116 Å². The van der Waals surface area contributed by atoms with Gasteiger partial charge in [-0.3, -0.25) is 4.68 Å². The molecule has 20 heavy (non-hydrogen) atoms. The van der Waals surface area contributed by atoms with Crippen molar-refractivity contribution in [1.29, 1.82) is 0 Å². The fourth-order valence-electron chi connectivity index (χ4n) is 2.03. The molecule has 2 rings (SSSR count). The van der Waals surface area contributed by atoms with Crippen LogP contribution in [-0.4, -0.2) is 9.78 Å². The van der Waals surface area contributed by atoms with Crippen LogP contribution in [0.4, 0.5) is 26.0 Å². The highest BCUT2D eigenvalue weighted by molar-refractivity contribution is 5.72. The van der Waals surface area contributed by atoms with E-state index >= 15 is 0 Å². The first-order valence-electron chi connectivity index (χ1n) is 6.37. The Morgan fingerprint density at radius 1 is 1.30 bits per heavy atom. The SMILES string of the molecule is Cc1ccc(F)c(Nc2c(N)c(C(C)C)nn2C)c1F. The van der Waals surface area contributed by atoms with E-state index < -0.39 is 11.6 Å². The van der Waals surface area contributed by atoms with Gasteiger partial charge in [0, 0.05) is 7.05 Å². The molecule has 1 aromatic heterocycles. The number of rotatable bonds is 3. The Hall–Kier alpha value is -2.11. The molecule has 6 heteroatoms. The smallest absolute Gasteiger partial charge is 0.152 e. The van der Waals surface area contributed by atoms with Crippen LogP contribution < -0.4 is 11.1 Å². The van der Waals surface area contributed by atoms with Crippen LogP contribution in [0.5, 0.6) is 0 Å². The van der Waals surface area contributed by atoms with Gasteiger partial charge < -0.3 is 11.1 Å². The number of aromatic nitrogens is 2. The van der Waals surface area contributed by atoms with E-state index in [0.29, 0.717) is 22.8 Å². The van der Waals surface area contributed by atoms with Crippen LogP contribution in [0.1, 0.15) is 31.0 Å². The highest BCUT2D eigenvalue weighted by atomic mass is 19.1. The number of nitrogens with two attached hydrogens (primary N) is 1. The summed E-state index contributed by atoms with van der Waals surface area (Å²) in [6.45, 7) is 5.48. The molecule has 0 aliphatic carbocycles. The normalized spacial score (nSPS) is 11.2. The summed E-state index contributed by atoms with van der Waals surface area (Å²) in [5.41, 5.74) is 7.25. The zero-order chi connectivity index (χ0) is 15.0. The second kappa shape index (κ2) is 5.11. The average molecular weight is 280 g/mol. The Balaban J connectivity index is 2.48. The minimum atomic E-state index is -0.667. The fourth-order valence-corrected chi connectivity index (χ4v) is 2.03. The third-order valence-corrected chi connectivity index (χ3v) is 3.19. The van der Waals surface area contributed by atoms with Crippen LogP contribution in [0.3, 0.4) is 0 Å². The van der Waals surface area contributed by atoms with Gasteiger partial charge in [0.05, 0.1) is 11.4 Å². The largest absolute Gasteiger partial charge is 0.394 e. The van der Waals surface area contributed by atoms with Crippen molar-refractivity contribution in [2.75, 3.05) is 11.1 Å². The highest BCUT2D eigenvalue weighted by Gasteiger charge is 2.19. The monoisotopic (exact) mass is 280 g/mol. The van der Waals surface area contributed by atoms with Gasteiger partial charge >= 0.3 is 0 Å². The summed E-state index contributed by atoms with van der Waals surface area (Å²) in [4.78, 5) is 0. The lowest BCUT2D eigenvalue weighted by molar-refractivity contribution is 0.584. The highest BCUT2D eigenvalue weighted by Crippen LogP contribution is 2.32. The Morgan fingerprint density at radius 3 is 2.50 bits per heavy atom. The maximum atomic E-state index is 14.0. The number of hydrogen-bond donors (Lipinski definition) is 2. The van der Waals surface area contributed by atoms with Crippen LogP contribution >= 0.6 is 0 Å². The van der Waals surface area contributed by atoms with Crippen LogP contribution in [0, 0.1) is 18.6 Å². The van der Waals surface area contributed by atoms with Gasteiger partial charge in [0.15, 0.2) is 11.6 Å². The van der Waals surface area contributed by atoms with E-state index in [-0.39, 0.29) is 11.6 Å². The molecule has 0 atom stereocenters.